The lowest BCUT2D eigenvalue weighted by Gasteiger charge is -2.34. The summed E-state index contributed by atoms with van der Waals surface area (Å²) in [6, 6.07) is 9.65. The van der Waals surface area contributed by atoms with Gasteiger partial charge in [-0.25, -0.2) is 0 Å². The van der Waals surface area contributed by atoms with Gasteiger partial charge in [0, 0.05) is 12.1 Å². The number of rotatable bonds is 7. The minimum Gasteiger partial charge on any atom is -0.353 e. The second kappa shape index (κ2) is 8.46. The lowest BCUT2D eigenvalue weighted by Crippen LogP contribution is -2.48. The number of nitrogens with zero attached hydrogens (tertiary/aromatic N) is 1. The van der Waals surface area contributed by atoms with Crippen molar-refractivity contribution in [2.45, 2.75) is 46.2 Å². The fourth-order valence-corrected chi connectivity index (χ4v) is 2.54. The van der Waals surface area contributed by atoms with Crippen LogP contribution in [0.4, 0.5) is 0 Å². The van der Waals surface area contributed by atoms with Crippen LogP contribution in [0.5, 0.6) is 0 Å². The second-order valence-corrected chi connectivity index (χ2v) is 7.74. The van der Waals surface area contributed by atoms with Gasteiger partial charge in [-0.05, 0) is 38.0 Å². The largest absolute Gasteiger partial charge is 0.353 e. The average Bonchev–Trinajstić information content (AvgIpc) is 2.49. The van der Waals surface area contributed by atoms with Crippen LogP contribution in [0, 0.1) is 11.3 Å². The van der Waals surface area contributed by atoms with E-state index in [0.29, 0.717) is 0 Å². The van der Waals surface area contributed by atoms with Crippen molar-refractivity contribution in [3.05, 3.63) is 35.9 Å². The van der Waals surface area contributed by atoms with Gasteiger partial charge >= 0.3 is 0 Å². The Balaban J connectivity index is 2.73. The van der Waals surface area contributed by atoms with Gasteiger partial charge in [0.2, 0.25) is 5.91 Å². The van der Waals surface area contributed by atoms with Crippen molar-refractivity contribution in [2.75, 3.05) is 20.6 Å². The van der Waals surface area contributed by atoms with Crippen LogP contribution in [0.25, 0.3) is 0 Å². The van der Waals surface area contributed by atoms with Gasteiger partial charge in [-0.15, -0.1) is 0 Å². The summed E-state index contributed by atoms with van der Waals surface area (Å²) in [6.45, 7) is 9.33. The first kappa shape index (κ1) is 19.7. The van der Waals surface area contributed by atoms with Crippen LogP contribution in [0.1, 0.15) is 45.7 Å². The summed E-state index contributed by atoms with van der Waals surface area (Å²) in [5, 5.41) is 3.22. The Morgan fingerprint density at radius 2 is 1.78 bits per heavy atom. The van der Waals surface area contributed by atoms with Crippen molar-refractivity contribution in [1.82, 2.24) is 10.2 Å². The zero-order valence-corrected chi connectivity index (χ0v) is 15.5. The molecule has 3 atom stereocenters. The Labute approximate surface area is 141 Å². The minimum absolute atomic E-state index is 0.0161. The van der Waals surface area contributed by atoms with Crippen molar-refractivity contribution in [3.63, 3.8) is 0 Å². The van der Waals surface area contributed by atoms with E-state index in [1.807, 2.05) is 37.3 Å². The average molecular weight is 319 g/mol. The van der Waals surface area contributed by atoms with Gasteiger partial charge in [-0.1, -0.05) is 58.0 Å². The first-order valence-electron chi connectivity index (χ1n) is 8.38. The molecule has 4 nitrogen and oxygen atoms in total. The molecule has 1 rings (SSSR count). The number of amides is 1. The molecule has 0 fully saturated rings. The first-order chi connectivity index (χ1) is 10.6. The van der Waals surface area contributed by atoms with E-state index in [2.05, 4.69) is 45.1 Å². The van der Waals surface area contributed by atoms with Gasteiger partial charge < -0.3 is 16.0 Å². The van der Waals surface area contributed by atoms with Crippen LogP contribution in [-0.2, 0) is 4.79 Å². The maximum atomic E-state index is 12.7. The van der Waals surface area contributed by atoms with Crippen LogP contribution in [0.15, 0.2) is 30.3 Å². The van der Waals surface area contributed by atoms with Gasteiger partial charge in [0.25, 0.3) is 0 Å². The Morgan fingerprint density at radius 3 is 2.26 bits per heavy atom. The molecule has 0 spiro atoms. The molecular weight excluding hydrogens is 286 g/mol. The highest BCUT2D eigenvalue weighted by Crippen LogP contribution is 2.24. The molecule has 1 aromatic rings. The molecule has 3 unspecified atom stereocenters. The maximum absolute atomic E-state index is 12.7. The number of benzene rings is 1. The number of carbonyl (C=O) groups excluding carboxylic acids is 1. The van der Waals surface area contributed by atoms with Crippen molar-refractivity contribution < 1.29 is 4.79 Å². The fourth-order valence-electron chi connectivity index (χ4n) is 2.54. The number of nitrogens with one attached hydrogen (secondary N) is 1. The zero-order valence-electron chi connectivity index (χ0n) is 15.5. The molecule has 0 radical (unpaired) electrons. The van der Waals surface area contributed by atoms with Crippen LogP contribution in [-0.4, -0.2) is 37.5 Å². The Kier molecular flexibility index (Phi) is 7.23. The van der Waals surface area contributed by atoms with E-state index in [1.54, 1.807) is 0 Å². The third-order valence-corrected chi connectivity index (χ3v) is 4.36. The van der Waals surface area contributed by atoms with Crippen LogP contribution < -0.4 is 11.1 Å². The van der Waals surface area contributed by atoms with Gasteiger partial charge in [0.1, 0.15) is 0 Å². The normalized spacial score (nSPS) is 16.0. The lowest BCUT2D eigenvalue weighted by molar-refractivity contribution is -0.126. The number of hydrogen-bond donors (Lipinski definition) is 2. The summed E-state index contributed by atoms with van der Waals surface area (Å²) in [5.74, 6) is -0.235. The van der Waals surface area contributed by atoms with E-state index in [-0.39, 0.29) is 29.3 Å². The Morgan fingerprint density at radius 1 is 1.22 bits per heavy atom. The summed E-state index contributed by atoms with van der Waals surface area (Å²) in [6.07, 6.45) is 0.926. The molecule has 0 saturated heterocycles. The van der Waals surface area contributed by atoms with Crippen molar-refractivity contribution >= 4 is 5.91 Å². The molecular formula is C19H33N3O. The molecule has 4 heteroatoms. The summed E-state index contributed by atoms with van der Waals surface area (Å²) in [7, 11) is 4.10. The fraction of sp³-hybridized carbons (Fsp3) is 0.632. The Bertz CT molecular complexity index is 479. The van der Waals surface area contributed by atoms with Crippen molar-refractivity contribution in [3.8, 4) is 0 Å². The van der Waals surface area contributed by atoms with Crippen molar-refractivity contribution in [1.29, 1.82) is 0 Å². The molecule has 0 aliphatic rings. The monoisotopic (exact) mass is 319 g/mol. The van der Waals surface area contributed by atoms with Gasteiger partial charge in [-0.3, -0.25) is 4.79 Å². The summed E-state index contributed by atoms with van der Waals surface area (Å²) >= 11 is 0. The van der Waals surface area contributed by atoms with E-state index >= 15 is 0 Å². The molecule has 1 amide bonds. The molecule has 3 N–H and O–H groups in total. The van der Waals surface area contributed by atoms with Gasteiger partial charge in [-0.2, -0.15) is 0 Å². The third-order valence-electron chi connectivity index (χ3n) is 4.36. The molecule has 23 heavy (non-hydrogen) atoms. The SMILES string of the molecule is CC(C(=O)NC(CCN(C)C)C(C)(C)C)C(N)c1ccccc1. The van der Waals surface area contributed by atoms with E-state index < -0.39 is 0 Å². The van der Waals surface area contributed by atoms with E-state index in [9.17, 15) is 4.79 Å². The predicted molar refractivity (Wildman–Crippen MR) is 97.1 cm³/mol. The second-order valence-electron chi connectivity index (χ2n) is 7.74. The van der Waals surface area contributed by atoms with Crippen LogP contribution >= 0.6 is 0 Å². The molecule has 0 aliphatic heterocycles. The van der Waals surface area contributed by atoms with Gasteiger partial charge in [0.05, 0.1) is 5.92 Å². The number of carbonyl (C=O) groups is 1. The third kappa shape index (κ3) is 6.32. The maximum Gasteiger partial charge on any atom is 0.224 e. The standard InChI is InChI=1S/C19H33N3O/c1-14(17(20)15-10-8-7-9-11-15)18(23)21-16(19(2,3)4)12-13-22(5)6/h7-11,14,16-17H,12-13,20H2,1-6H3,(H,21,23). The number of nitrogens with two attached hydrogens (primary N) is 1. The smallest absolute Gasteiger partial charge is 0.224 e. The molecule has 0 saturated carbocycles. The Hall–Kier alpha value is -1.39. The zero-order chi connectivity index (χ0) is 17.6. The molecule has 1 aromatic carbocycles. The molecule has 0 bridgehead atoms. The number of hydrogen-bond acceptors (Lipinski definition) is 3. The highest BCUT2D eigenvalue weighted by Gasteiger charge is 2.29. The van der Waals surface area contributed by atoms with Crippen molar-refractivity contribution in [2.24, 2.45) is 17.1 Å². The van der Waals surface area contributed by atoms with E-state index in [0.717, 1.165) is 18.5 Å². The van der Waals surface area contributed by atoms with Crippen LogP contribution in [0.3, 0.4) is 0 Å². The summed E-state index contributed by atoms with van der Waals surface area (Å²) in [4.78, 5) is 14.8. The summed E-state index contributed by atoms with van der Waals surface area (Å²) < 4.78 is 0. The molecule has 0 aromatic heterocycles. The summed E-state index contributed by atoms with van der Waals surface area (Å²) in [5.41, 5.74) is 7.29. The highest BCUT2D eigenvalue weighted by atomic mass is 16.2. The molecule has 0 heterocycles. The first-order valence-corrected chi connectivity index (χ1v) is 8.38. The molecule has 0 aliphatic carbocycles. The minimum atomic E-state index is -0.286. The molecule has 130 valence electrons. The highest BCUT2D eigenvalue weighted by molar-refractivity contribution is 5.79. The van der Waals surface area contributed by atoms with Gasteiger partial charge in [0.15, 0.2) is 0 Å². The lowest BCUT2D eigenvalue weighted by atomic mass is 9.84. The quantitative estimate of drug-likeness (QED) is 0.812. The van der Waals surface area contributed by atoms with E-state index in [4.69, 9.17) is 5.73 Å². The van der Waals surface area contributed by atoms with Crippen LogP contribution in [0.2, 0.25) is 0 Å². The predicted octanol–water partition coefficient (Wildman–Crippen LogP) is 2.81. The topological polar surface area (TPSA) is 58.4 Å². The van der Waals surface area contributed by atoms with E-state index in [1.165, 1.54) is 0 Å².